The van der Waals surface area contributed by atoms with Crippen molar-refractivity contribution in [3.63, 3.8) is 0 Å². The third-order valence-corrected chi connectivity index (χ3v) is 4.27. The minimum absolute atomic E-state index is 0.678. The van der Waals surface area contributed by atoms with Crippen LogP contribution in [-0.4, -0.2) is 39.8 Å². The summed E-state index contributed by atoms with van der Waals surface area (Å²) < 4.78 is 0. The van der Waals surface area contributed by atoms with E-state index in [-0.39, 0.29) is 0 Å². The summed E-state index contributed by atoms with van der Waals surface area (Å²) in [4.78, 5) is 4.76. The summed E-state index contributed by atoms with van der Waals surface area (Å²) in [6.45, 7) is 8.05. The van der Waals surface area contributed by atoms with Gasteiger partial charge in [0.25, 0.3) is 0 Å². The molecule has 0 spiro atoms. The molecule has 1 heterocycles. The molecule has 1 fully saturated rings. The molecule has 0 radical (unpaired) electrons. The molecule has 112 valence electrons. The number of rotatable bonds is 5. The SMILES string of the molecule is CCCNC1CCN(c2ccccc2N(C)C)CC1C. The predicted octanol–water partition coefficient (Wildman–Crippen LogP) is 2.97. The van der Waals surface area contributed by atoms with Crippen molar-refractivity contribution < 1.29 is 0 Å². The molecule has 3 nitrogen and oxygen atoms in total. The number of anilines is 2. The lowest BCUT2D eigenvalue weighted by atomic mass is 9.93. The van der Waals surface area contributed by atoms with Crippen LogP contribution in [0.3, 0.4) is 0 Å². The second kappa shape index (κ2) is 6.98. The maximum Gasteiger partial charge on any atom is 0.0604 e. The Morgan fingerprint density at radius 1 is 1.30 bits per heavy atom. The monoisotopic (exact) mass is 275 g/mol. The van der Waals surface area contributed by atoms with Gasteiger partial charge in [-0.3, -0.25) is 0 Å². The lowest BCUT2D eigenvalue weighted by Gasteiger charge is -2.40. The fourth-order valence-corrected chi connectivity index (χ4v) is 3.11. The maximum atomic E-state index is 3.69. The highest BCUT2D eigenvalue weighted by molar-refractivity contribution is 5.70. The first-order chi connectivity index (χ1) is 9.63. The summed E-state index contributed by atoms with van der Waals surface area (Å²) in [6, 6.07) is 9.41. The Balaban J connectivity index is 2.06. The van der Waals surface area contributed by atoms with Crippen LogP contribution >= 0.6 is 0 Å². The van der Waals surface area contributed by atoms with Crippen LogP contribution in [0, 0.1) is 5.92 Å². The van der Waals surface area contributed by atoms with Crippen molar-refractivity contribution in [1.82, 2.24) is 5.32 Å². The highest BCUT2D eigenvalue weighted by Crippen LogP contribution is 2.31. The van der Waals surface area contributed by atoms with Gasteiger partial charge in [-0.15, -0.1) is 0 Å². The zero-order valence-electron chi connectivity index (χ0n) is 13.4. The van der Waals surface area contributed by atoms with E-state index in [4.69, 9.17) is 0 Å². The fraction of sp³-hybridized carbons (Fsp3) is 0.647. The van der Waals surface area contributed by atoms with Gasteiger partial charge in [0, 0.05) is 33.2 Å². The molecule has 20 heavy (non-hydrogen) atoms. The molecule has 2 atom stereocenters. The third kappa shape index (κ3) is 3.45. The van der Waals surface area contributed by atoms with Crippen LogP contribution in [0.15, 0.2) is 24.3 Å². The van der Waals surface area contributed by atoms with E-state index in [0.717, 1.165) is 19.6 Å². The molecule has 3 heteroatoms. The lowest BCUT2D eigenvalue weighted by Crippen LogP contribution is -2.48. The van der Waals surface area contributed by atoms with Gasteiger partial charge in [0.2, 0.25) is 0 Å². The zero-order valence-corrected chi connectivity index (χ0v) is 13.4. The Bertz CT molecular complexity index is 416. The van der Waals surface area contributed by atoms with Crippen molar-refractivity contribution in [3.8, 4) is 0 Å². The standard InChI is InChI=1S/C17H29N3/c1-5-11-18-15-10-12-20(13-14(15)2)17-9-7-6-8-16(17)19(3)4/h6-9,14-15,18H,5,10-13H2,1-4H3. The van der Waals surface area contributed by atoms with Gasteiger partial charge in [0.15, 0.2) is 0 Å². The first kappa shape index (κ1) is 15.2. The van der Waals surface area contributed by atoms with Crippen molar-refractivity contribution >= 4 is 11.4 Å². The van der Waals surface area contributed by atoms with E-state index in [1.807, 2.05) is 0 Å². The van der Waals surface area contributed by atoms with E-state index < -0.39 is 0 Å². The van der Waals surface area contributed by atoms with Crippen LogP contribution in [0.5, 0.6) is 0 Å². The summed E-state index contributed by atoms with van der Waals surface area (Å²) >= 11 is 0. The van der Waals surface area contributed by atoms with Gasteiger partial charge >= 0.3 is 0 Å². The molecule has 1 N–H and O–H groups in total. The van der Waals surface area contributed by atoms with Crippen LogP contribution in [0.25, 0.3) is 0 Å². The molecule has 1 aliphatic rings. The van der Waals surface area contributed by atoms with Gasteiger partial charge in [-0.05, 0) is 37.4 Å². The summed E-state index contributed by atoms with van der Waals surface area (Å²) in [5.41, 5.74) is 2.69. The number of piperidine rings is 1. The molecule has 2 rings (SSSR count). The van der Waals surface area contributed by atoms with E-state index in [0.29, 0.717) is 12.0 Å². The summed E-state index contributed by atoms with van der Waals surface area (Å²) in [5, 5.41) is 3.69. The topological polar surface area (TPSA) is 18.5 Å². The van der Waals surface area contributed by atoms with Crippen LogP contribution in [-0.2, 0) is 0 Å². The second-order valence-corrected chi connectivity index (χ2v) is 6.16. The predicted molar refractivity (Wildman–Crippen MR) is 88.8 cm³/mol. The second-order valence-electron chi connectivity index (χ2n) is 6.16. The zero-order chi connectivity index (χ0) is 14.5. The van der Waals surface area contributed by atoms with Gasteiger partial charge in [-0.1, -0.05) is 26.0 Å². The van der Waals surface area contributed by atoms with E-state index >= 15 is 0 Å². The van der Waals surface area contributed by atoms with Crippen molar-refractivity contribution in [2.75, 3.05) is 43.5 Å². The van der Waals surface area contributed by atoms with E-state index in [2.05, 4.69) is 67.3 Å². The maximum absolute atomic E-state index is 3.69. The highest BCUT2D eigenvalue weighted by Gasteiger charge is 2.26. The third-order valence-electron chi connectivity index (χ3n) is 4.27. The minimum Gasteiger partial charge on any atom is -0.376 e. The smallest absolute Gasteiger partial charge is 0.0604 e. The molecule has 0 aliphatic carbocycles. The number of nitrogens with one attached hydrogen (secondary N) is 1. The van der Waals surface area contributed by atoms with Crippen LogP contribution in [0.2, 0.25) is 0 Å². The van der Waals surface area contributed by atoms with Gasteiger partial charge in [-0.25, -0.2) is 0 Å². The van der Waals surface area contributed by atoms with Crippen molar-refractivity contribution in [2.45, 2.75) is 32.7 Å². The molecule has 1 aromatic rings. The summed E-state index contributed by atoms with van der Waals surface area (Å²) in [6.07, 6.45) is 2.46. The molecular formula is C17H29N3. The molecule has 1 aromatic carbocycles. The highest BCUT2D eigenvalue weighted by atomic mass is 15.2. The van der Waals surface area contributed by atoms with Crippen molar-refractivity contribution in [2.24, 2.45) is 5.92 Å². The number of hydrogen-bond donors (Lipinski definition) is 1. The van der Waals surface area contributed by atoms with Crippen molar-refractivity contribution in [1.29, 1.82) is 0 Å². The summed E-state index contributed by atoms with van der Waals surface area (Å²) in [5.74, 6) is 0.700. The largest absolute Gasteiger partial charge is 0.376 e. The Morgan fingerprint density at radius 3 is 2.70 bits per heavy atom. The van der Waals surface area contributed by atoms with E-state index in [9.17, 15) is 0 Å². The molecule has 0 amide bonds. The molecule has 2 unspecified atom stereocenters. The number of hydrogen-bond acceptors (Lipinski definition) is 3. The molecule has 0 aromatic heterocycles. The molecule has 1 aliphatic heterocycles. The van der Waals surface area contributed by atoms with Gasteiger partial charge in [0.05, 0.1) is 11.4 Å². The van der Waals surface area contributed by atoms with Gasteiger partial charge in [0.1, 0.15) is 0 Å². The Hall–Kier alpha value is -1.22. The number of para-hydroxylation sites is 2. The molecule has 0 saturated carbocycles. The first-order valence-electron chi connectivity index (χ1n) is 7.88. The Morgan fingerprint density at radius 2 is 2.05 bits per heavy atom. The number of benzene rings is 1. The fourth-order valence-electron chi connectivity index (χ4n) is 3.11. The minimum atomic E-state index is 0.678. The number of nitrogens with zero attached hydrogens (tertiary/aromatic N) is 2. The van der Waals surface area contributed by atoms with E-state index in [1.165, 1.54) is 24.2 Å². The molecular weight excluding hydrogens is 246 g/mol. The quantitative estimate of drug-likeness (QED) is 0.891. The van der Waals surface area contributed by atoms with Crippen LogP contribution in [0.1, 0.15) is 26.7 Å². The average Bonchev–Trinajstić information content (AvgIpc) is 2.46. The normalized spacial score (nSPS) is 22.9. The van der Waals surface area contributed by atoms with Gasteiger partial charge in [-0.2, -0.15) is 0 Å². The van der Waals surface area contributed by atoms with Crippen molar-refractivity contribution in [3.05, 3.63) is 24.3 Å². The molecule has 0 bridgehead atoms. The van der Waals surface area contributed by atoms with Crippen LogP contribution < -0.4 is 15.1 Å². The van der Waals surface area contributed by atoms with Gasteiger partial charge < -0.3 is 15.1 Å². The average molecular weight is 275 g/mol. The first-order valence-corrected chi connectivity index (χ1v) is 7.88. The Kier molecular flexibility index (Phi) is 5.30. The summed E-state index contributed by atoms with van der Waals surface area (Å²) in [7, 11) is 4.25. The molecule has 1 saturated heterocycles. The lowest BCUT2D eigenvalue weighted by molar-refractivity contribution is 0.322. The van der Waals surface area contributed by atoms with Crippen LogP contribution in [0.4, 0.5) is 11.4 Å². The Labute approximate surface area is 124 Å². The van der Waals surface area contributed by atoms with E-state index in [1.54, 1.807) is 0 Å².